The number of nitrogens with zero attached hydrogens (tertiary/aromatic N) is 3. The summed E-state index contributed by atoms with van der Waals surface area (Å²) in [6.45, 7) is 2.79. The van der Waals surface area contributed by atoms with Gasteiger partial charge in [-0.1, -0.05) is 48.6 Å². The summed E-state index contributed by atoms with van der Waals surface area (Å²) < 4.78 is 14.4. The molecule has 1 N–H and O–H groups in total. The van der Waals surface area contributed by atoms with Gasteiger partial charge in [0.1, 0.15) is 5.82 Å². The summed E-state index contributed by atoms with van der Waals surface area (Å²) in [6.07, 6.45) is 2.90. The Morgan fingerprint density at radius 3 is 2.83 bits per heavy atom. The van der Waals surface area contributed by atoms with Crippen LogP contribution in [0.1, 0.15) is 56.3 Å². The van der Waals surface area contributed by atoms with Gasteiger partial charge in [0.25, 0.3) is 5.56 Å². The van der Waals surface area contributed by atoms with Crippen molar-refractivity contribution in [1.82, 2.24) is 15.0 Å². The van der Waals surface area contributed by atoms with Crippen molar-refractivity contribution in [3.8, 4) is 0 Å². The van der Waals surface area contributed by atoms with Crippen LogP contribution in [-0.4, -0.2) is 33.3 Å². The number of carbonyl (C=O) groups excluding carboxylic acids is 1. The highest BCUT2D eigenvalue weighted by atomic mass is 32.1. The minimum Gasteiger partial charge on any atom is -0.338 e. The molecular weight excluding hydrogens is 403 g/mol. The summed E-state index contributed by atoms with van der Waals surface area (Å²) in [5.41, 5.74) is -0.546. The van der Waals surface area contributed by atoms with Crippen LogP contribution in [0.5, 0.6) is 0 Å². The molecule has 2 aromatic heterocycles. The van der Waals surface area contributed by atoms with Gasteiger partial charge in [-0.25, -0.2) is 14.4 Å². The van der Waals surface area contributed by atoms with Crippen LogP contribution >= 0.6 is 11.3 Å². The number of ketones is 1. The second kappa shape index (κ2) is 7.27. The van der Waals surface area contributed by atoms with Gasteiger partial charge in [-0.05, 0) is 37.2 Å². The number of halogens is 1. The molecule has 1 saturated heterocycles. The molecule has 0 radical (unpaired) electrons. The van der Waals surface area contributed by atoms with Crippen LogP contribution in [0.3, 0.4) is 0 Å². The maximum absolute atomic E-state index is 14.4. The first-order chi connectivity index (χ1) is 14.4. The molecule has 1 aromatic carbocycles. The Kier molecular flexibility index (Phi) is 4.69. The molecule has 3 aromatic rings. The maximum Gasteiger partial charge on any atom is 0.278 e. The molecule has 0 bridgehead atoms. The minimum atomic E-state index is -1.50. The molecule has 0 unspecified atom stereocenters. The van der Waals surface area contributed by atoms with Gasteiger partial charge in [0.05, 0.1) is 6.04 Å². The van der Waals surface area contributed by atoms with E-state index in [-0.39, 0.29) is 29.1 Å². The summed E-state index contributed by atoms with van der Waals surface area (Å²) in [7, 11) is 0. The molecule has 2 atom stereocenters. The van der Waals surface area contributed by atoms with E-state index in [1.807, 2.05) is 35.2 Å². The van der Waals surface area contributed by atoms with Gasteiger partial charge in [-0.15, -0.1) is 0 Å². The number of aromatic nitrogens is 3. The van der Waals surface area contributed by atoms with Crippen LogP contribution < -0.4 is 10.5 Å². The van der Waals surface area contributed by atoms with Gasteiger partial charge in [-0.3, -0.25) is 9.59 Å². The van der Waals surface area contributed by atoms with Crippen LogP contribution in [-0.2, 0) is 10.5 Å². The number of alkyl halides is 1. The average molecular weight is 427 g/mol. The first-order valence-corrected chi connectivity index (χ1v) is 11.2. The lowest BCUT2D eigenvalue weighted by Gasteiger charge is -2.24. The molecular formula is C22H23FN4O2S. The molecule has 2 fully saturated rings. The molecule has 3 heterocycles. The first-order valence-electron chi connectivity index (χ1n) is 10.4. The molecule has 5 rings (SSSR count). The third kappa shape index (κ3) is 3.43. The Hall–Kier alpha value is -2.61. The second-order valence-electron chi connectivity index (χ2n) is 8.36. The van der Waals surface area contributed by atoms with Crippen LogP contribution in [0.4, 0.5) is 9.52 Å². The number of fused-ring (bicyclic) bond motifs is 1. The lowest BCUT2D eigenvalue weighted by atomic mass is 9.93. The maximum atomic E-state index is 14.4. The zero-order valence-electron chi connectivity index (χ0n) is 16.7. The van der Waals surface area contributed by atoms with E-state index in [2.05, 4.69) is 21.9 Å². The summed E-state index contributed by atoms with van der Waals surface area (Å²) in [4.78, 5) is 39.3. The number of anilines is 1. The summed E-state index contributed by atoms with van der Waals surface area (Å²) in [5.74, 6) is 0.426. The van der Waals surface area contributed by atoms with Crippen LogP contribution in [0.2, 0.25) is 0 Å². The standard InChI is InChI=1S/C22H23FN4O2S/c1-13(14-6-3-2-4-7-14)12-16(28)15-8-5-11-27(15)21-24-17-18(29)25-20(22(23)9-10-22)26-19(17)30-21/h2-4,6-7,13,15H,5,8-12H2,1H3,(H,25,26,29)/t13-,15+/m0/s1. The van der Waals surface area contributed by atoms with Gasteiger partial charge < -0.3 is 9.88 Å². The highest BCUT2D eigenvalue weighted by Crippen LogP contribution is 2.48. The van der Waals surface area contributed by atoms with Crippen molar-refractivity contribution in [1.29, 1.82) is 0 Å². The van der Waals surface area contributed by atoms with Crippen molar-refractivity contribution in [3.63, 3.8) is 0 Å². The number of aromatic amines is 1. The molecule has 156 valence electrons. The zero-order valence-corrected chi connectivity index (χ0v) is 17.5. The Labute approximate surface area is 177 Å². The monoisotopic (exact) mass is 426 g/mol. The first kappa shape index (κ1) is 19.4. The van der Waals surface area contributed by atoms with Crippen molar-refractivity contribution in [2.45, 2.75) is 56.7 Å². The van der Waals surface area contributed by atoms with E-state index in [0.717, 1.165) is 18.4 Å². The van der Waals surface area contributed by atoms with Crippen molar-refractivity contribution >= 4 is 32.6 Å². The Bertz CT molecular complexity index is 1150. The summed E-state index contributed by atoms with van der Waals surface area (Å²) in [6, 6.07) is 9.79. The Morgan fingerprint density at radius 2 is 2.10 bits per heavy atom. The van der Waals surface area contributed by atoms with Gasteiger partial charge >= 0.3 is 0 Å². The van der Waals surface area contributed by atoms with E-state index in [1.54, 1.807) is 0 Å². The predicted molar refractivity (Wildman–Crippen MR) is 115 cm³/mol. The predicted octanol–water partition coefficient (Wildman–Crippen LogP) is 4.07. The summed E-state index contributed by atoms with van der Waals surface area (Å²) >= 11 is 1.27. The summed E-state index contributed by atoms with van der Waals surface area (Å²) in [5, 5.41) is 0.618. The van der Waals surface area contributed by atoms with Crippen molar-refractivity contribution in [3.05, 3.63) is 52.1 Å². The van der Waals surface area contributed by atoms with Crippen molar-refractivity contribution < 1.29 is 9.18 Å². The third-order valence-corrected chi connectivity index (χ3v) is 7.10. The van der Waals surface area contributed by atoms with Crippen LogP contribution in [0.15, 0.2) is 35.1 Å². The van der Waals surface area contributed by atoms with E-state index < -0.39 is 11.2 Å². The Balaban J connectivity index is 1.39. The number of hydrogen-bond donors (Lipinski definition) is 1. The van der Waals surface area contributed by atoms with Crippen molar-refractivity contribution in [2.24, 2.45) is 0 Å². The van der Waals surface area contributed by atoms with E-state index in [9.17, 15) is 14.0 Å². The number of hydrogen-bond acceptors (Lipinski definition) is 6. The topological polar surface area (TPSA) is 79.0 Å². The highest BCUT2D eigenvalue weighted by molar-refractivity contribution is 7.21. The molecule has 0 amide bonds. The number of carbonyl (C=O) groups is 1. The fourth-order valence-corrected chi connectivity index (χ4v) is 5.19. The lowest BCUT2D eigenvalue weighted by molar-refractivity contribution is -0.120. The van der Waals surface area contributed by atoms with E-state index in [4.69, 9.17) is 0 Å². The normalized spacial score (nSPS) is 21.1. The zero-order chi connectivity index (χ0) is 20.9. The number of nitrogens with one attached hydrogen (secondary N) is 1. The number of benzene rings is 1. The number of thiazole rings is 1. The molecule has 0 spiro atoms. The smallest absolute Gasteiger partial charge is 0.278 e. The van der Waals surface area contributed by atoms with E-state index in [0.29, 0.717) is 35.8 Å². The SMILES string of the molecule is C[C@@H](CC(=O)[C@H]1CCCN1c1nc2c(=O)[nH]c(C3(F)CC3)nc2s1)c1ccccc1. The number of rotatable bonds is 6. The molecule has 1 aliphatic carbocycles. The van der Waals surface area contributed by atoms with Gasteiger partial charge in [0.15, 0.2) is 26.9 Å². The number of Topliss-reactive ketones (excluding diaryl/α,β-unsaturated/α-hetero) is 1. The average Bonchev–Trinajstić information content (AvgIpc) is 3.16. The van der Waals surface area contributed by atoms with E-state index >= 15 is 0 Å². The van der Waals surface area contributed by atoms with Gasteiger partial charge in [-0.2, -0.15) is 0 Å². The van der Waals surface area contributed by atoms with Gasteiger partial charge in [0.2, 0.25) is 0 Å². The Morgan fingerprint density at radius 1 is 1.33 bits per heavy atom. The minimum absolute atomic E-state index is 0.0981. The fraction of sp³-hybridized carbons (Fsp3) is 0.455. The lowest BCUT2D eigenvalue weighted by Crippen LogP contribution is -2.36. The largest absolute Gasteiger partial charge is 0.338 e. The second-order valence-corrected chi connectivity index (χ2v) is 9.32. The molecule has 1 saturated carbocycles. The number of H-pyrrole nitrogens is 1. The third-order valence-electron chi connectivity index (χ3n) is 6.12. The van der Waals surface area contributed by atoms with Crippen molar-refractivity contribution in [2.75, 3.05) is 11.4 Å². The molecule has 8 heteroatoms. The molecule has 6 nitrogen and oxygen atoms in total. The van der Waals surface area contributed by atoms with Gasteiger partial charge in [0, 0.05) is 13.0 Å². The quantitative estimate of drug-likeness (QED) is 0.643. The molecule has 1 aliphatic heterocycles. The van der Waals surface area contributed by atoms with Crippen LogP contribution in [0, 0.1) is 0 Å². The molecule has 30 heavy (non-hydrogen) atoms. The molecule has 2 aliphatic rings. The highest BCUT2D eigenvalue weighted by Gasteiger charge is 2.48. The van der Waals surface area contributed by atoms with Crippen LogP contribution in [0.25, 0.3) is 10.3 Å². The van der Waals surface area contributed by atoms with E-state index in [1.165, 1.54) is 11.3 Å². The fourth-order valence-electron chi connectivity index (χ4n) is 4.17.